The van der Waals surface area contributed by atoms with Crippen molar-refractivity contribution in [1.82, 2.24) is 5.43 Å². The molecule has 0 unspecified atom stereocenters. The van der Waals surface area contributed by atoms with E-state index >= 15 is 0 Å². The van der Waals surface area contributed by atoms with Crippen LogP contribution in [-0.4, -0.2) is 37.0 Å². The zero-order valence-electron chi connectivity index (χ0n) is 18.0. The molecule has 172 valence electrons. The smallest absolute Gasteiger partial charge is 0.343 e. The molecule has 0 radical (unpaired) electrons. The number of amides is 3. The van der Waals surface area contributed by atoms with Gasteiger partial charge < -0.3 is 20.5 Å². The van der Waals surface area contributed by atoms with Crippen molar-refractivity contribution < 1.29 is 28.7 Å². The Balaban J connectivity index is 1.61. The fraction of sp³-hybridized carbons (Fsp3) is 0.0417. The number of hydrazone groups is 1. The van der Waals surface area contributed by atoms with Gasteiger partial charge in [-0.3, -0.25) is 14.4 Å². The van der Waals surface area contributed by atoms with Crippen molar-refractivity contribution in [2.45, 2.75) is 0 Å². The number of carbonyl (C=O) groups excluding carboxylic acids is 4. The summed E-state index contributed by atoms with van der Waals surface area (Å²) in [6.45, 7) is 0. The molecule has 0 bridgehead atoms. The Morgan fingerprint density at radius 2 is 1.62 bits per heavy atom. The van der Waals surface area contributed by atoms with E-state index in [1.807, 2.05) is 0 Å². The second-order valence-electron chi connectivity index (χ2n) is 6.75. The topological polar surface area (TPSA) is 149 Å². The number of carbonyl (C=O) groups is 4. The molecule has 3 aromatic rings. The summed E-state index contributed by atoms with van der Waals surface area (Å²) >= 11 is 0. The summed E-state index contributed by atoms with van der Waals surface area (Å²) in [6, 6.07) is 18.7. The van der Waals surface area contributed by atoms with E-state index in [2.05, 4.69) is 15.8 Å². The summed E-state index contributed by atoms with van der Waals surface area (Å²) in [5, 5.41) is 6.12. The lowest BCUT2D eigenvalue weighted by Crippen LogP contribution is -2.32. The number of ether oxygens (including phenoxy) is 2. The number of hydrogen-bond donors (Lipinski definition) is 3. The van der Waals surface area contributed by atoms with Crippen molar-refractivity contribution in [3.8, 4) is 11.5 Å². The average Bonchev–Trinajstić information content (AvgIpc) is 2.85. The third-order valence-electron chi connectivity index (χ3n) is 4.43. The summed E-state index contributed by atoms with van der Waals surface area (Å²) < 4.78 is 10.5. The van der Waals surface area contributed by atoms with Gasteiger partial charge >= 0.3 is 17.8 Å². The maximum absolute atomic E-state index is 12.5. The summed E-state index contributed by atoms with van der Waals surface area (Å²) in [7, 11) is 1.49. The van der Waals surface area contributed by atoms with Crippen molar-refractivity contribution in [2.75, 3.05) is 12.4 Å². The van der Waals surface area contributed by atoms with E-state index in [1.54, 1.807) is 48.5 Å². The second-order valence-corrected chi connectivity index (χ2v) is 6.75. The van der Waals surface area contributed by atoms with Crippen molar-refractivity contribution in [1.29, 1.82) is 0 Å². The molecule has 0 aliphatic rings. The molecule has 3 rings (SSSR count). The molecule has 0 heterocycles. The molecule has 0 aromatic heterocycles. The van der Waals surface area contributed by atoms with Crippen molar-refractivity contribution in [3.05, 3.63) is 89.5 Å². The largest absolute Gasteiger partial charge is 0.497 e. The predicted octanol–water partition coefficient (Wildman–Crippen LogP) is 2.10. The van der Waals surface area contributed by atoms with Crippen molar-refractivity contribution >= 4 is 35.6 Å². The highest BCUT2D eigenvalue weighted by atomic mass is 16.5. The van der Waals surface area contributed by atoms with Crippen LogP contribution in [0.5, 0.6) is 11.5 Å². The number of rotatable bonds is 7. The molecule has 10 nitrogen and oxygen atoms in total. The maximum Gasteiger partial charge on any atom is 0.343 e. The minimum Gasteiger partial charge on any atom is -0.497 e. The lowest BCUT2D eigenvalue weighted by molar-refractivity contribution is -0.136. The number of methoxy groups -OCH3 is 1. The van der Waals surface area contributed by atoms with Crippen LogP contribution in [-0.2, 0) is 9.59 Å². The molecule has 34 heavy (non-hydrogen) atoms. The molecule has 10 heteroatoms. The molecular weight excluding hydrogens is 440 g/mol. The Hall–Kier alpha value is -4.99. The number of benzene rings is 3. The van der Waals surface area contributed by atoms with Crippen LogP contribution in [0.15, 0.2) is 77.9 Å². The summed E-state index contributed by atoms with van der Waals surface area (Å²) in [5.74, 6) is -2.51. The third-order valence-corrected chi connectivity index (χ3v) is 4.43. The molecule has 0 aliphatic carbocycles. The van der Waals surface area contributed by atoms with Crippen LogP contribution in [0.25, 0.3) is 0 Å². The number of hydrogen-bond acceptors (Lipinski definition) is 7. The molecule has 0 atom stereocenters. The first-order chi connectivity index (χ1) is 16.4. The van der Waals surface area contributed by atoms with E-state index in [0.29, 0.717) is 22.6 Å². The Kier molecular flexibility index (Phi) is 7.69. The fourth-order valence-electron chi connectivity index (χ4n) is 2.71. The van der Waals surface area contributed by atoms with E-state index in [0.717, 1.165) is 0 Å². The van der Waals surface area contributed by atoms with E-state index in [4.69, 9.17) is 15.2 Å². The summed E-state index contributed by atoms with van der Waals surface area (Å²) in [6.07, 6.45) is 1.24. The highest BCUT2D eigenvalue weighted by Gasteiger charge is 2.14. The quantitative estimate of drug-likeness (QED) is 0.162. The normalized spacial score (nSPS) is 10.4. The number of nitrogens with one attached hydrogen (secondary N) is 2. The Morgan fingerprint density at radius 3 is 2.32 bits per heavy atom. The fourth-order valence-corrected chi connectivity index (χ4v) is 2.71. The number of para-hydroxylation sites is 1. The zero-order valence-corrected chi connectivity index (χ0v) is 18.0. The van der Waals surface area contributed by atoms with Crippen molar-refractivity contribution in [2.24, 2.45) is 10.8 Å². The highest BCUT2D eigenvalue weighted by Crippen LogP contribution is 2.19. The van der Waals surface area contributed by atoms with Gasteiger partial charge in [0.15, 0.2) is 0 Å². The van der Waals surface area contributed by atoms with E-state index in [9.17, 15) is 19.2 Å². The minimum atomic E-state index is -1.03. The highest BCUT2D eigenvalue weighted by molar-refractivity contribution is 6.39. The van der Waals surface area contributed by atoms with Gasteiger partial charge in [0.05, 0.1) is 18.9 Å². The van der Waals surface area contributed by atoms with Gasteiger partial charge in [-0.25, -0.2) is 10.2 Å². The second kappa shape index (κ2) is 11.0. The number of nitrogens with zero attached hydrogens (tertiary/aromatic N) is 1. The van der Waals surface area contributed by atoms with Gasteiger partial charge in [-0.1, -0.05) is 18.2 Å². The van der Waals surface area contributed by atoms with Crippen LogP contribution in [0, 0.1) is 0 Å². The monoisotopic (exact) mass is 460 g/mol. The SMILES string of the molecule is COc1cccc(C(=O)Oc2ccccc2C=NNC(=O)C(=O)Nc2ccc(C(N)=O)cc2)c1. The number of primary amides is 1. The van der Waals surface area contributed by atoms with Gasteiger partial charge in [0.25, 0.3) is 0 Å². The molecular formula is C24H20N4O6. The van der Waals surface area contributed by atoms with Gasteiger partial charge in [-0.2, -0.15) is 5.10 Å². The van der Waals surface area contributed by atoms with Gasteiger partial charge in [-0.15, -0.1) is 0 Å². The Bertz CT molecular complexity index is 1250. The Morgan fingerprint density at radius 1 is 0.882 bits per heavy atom. The summed E-state index contributed by atoms with van der Waals surface area (Å²) in [4.78, 5) is 47.6. The number of esters is 1. The van der Waals surface area contributed by atoms with Crippen LogP contribution >= 0.6 is 0 Å². The molecule has 3 amide bonds. The lowest BCUT2D eigenvalue weighted by atomic mass is 10.2. The van der Waals surface area contributed by atoms with Gasteiger partial charge in [0.2, 0.25) is 5.91 Å². The summed E-state index contributed by atoms with van der Waals surface area (Å²) in [5.41, 5.74) is 8.49. The first-order valence-electron chi connectivity index (χ1n) is 9.87. The van der Waals surface area contributed by atoms with Crippen molar-refractivity contribution in [3.63, 3.8) is 0 Å². The van der Waals surface area contributed by atoms with E-state index < -0.39 is 23.7 Å². The first-order valence-corrected chi connectivity index (χ1v) is 9.87. The Labute approximate surface area is 194 Å². The molecule has 0 saturated carbocycles. The van der Waals surface area contributed by atoms with Crippen LogP contribution in [0.1, 0.15) is 26.3 Å². The molecule has 0 aliphatic heterocycles. The number of nitrogens with two attached hydrogens (primary N) is 1. The molecule has 4 N–H and O–H groups in total. The average molecular weight is 460 g/mol. The van der Waals surface area contributed by atoms with Crippen LogP contribution in [0.4, 0.5) is 5.69 Å². The zero-order chi connectivity index (χ0) is 24.5. The van der Waals surface area contributed by atoms with Gasteiger partial charge in [-0.05, 0) is 54.6 Å². The molecule has 3 aromatic carbocycles. The predicted molar refractivity (Wildman–Crippen MR) is 124 cm³/mol. The molecule has 0 spiro atoms. The van der Waals surface area contributed by atoms with Crippen LogP contribution in [0.2, 0.25) is 0 Å². The molecule has 0 fully saturated rings. The van der Waals surface area contributed by atoms with E-state index in [-0.39, 0.29) is 11.3 Å². The molecule has 0 saturated heterocycles. The lowest BCUT2D eigenvalue weighted by Gasteiger charge is -2.08. The van der Waals surface area contributed by atoms with Crippen LogP contribution in [0.3, 0.4) is 0 Å². The third kappa shape index (κ3) is 6.26. The first kappa shape index (κ1) is 23.7. The number of anilines is 1. The van der Waals surface area contributed by atoms with Crippen LogP contribution < -0.4 is 25.9 Å². The maximum atomic E-state index is 12.5. The van der Waals surface area contributed by atoms with Gasteiger partial charge in [0.1, 0.15) is 11.5 Å². The standard InChI is InChI=1S/C24H20N4O6/c1-33-19-7-4-6-16(13-19)24(32)34-20-8-3-2-5-17(20)14-26-28-23(31)22(30)27-18-11-9-15(10-12-18)21(25)29/h2-14H,1H3,(H2,25,29)(H,27,30)(H,28,31). The minimum absolute atomic E-state index is 0.201. The van der Waals surface area contributed by atoms with E-state index in [1.165, 1.54) is 37.6 Å². The van der Waals surface area contributed by atoms with Gasteiger partial charge in [0, 0.05) is 16.8 Å².